The molecule has 0 spiro atoms. The fourth-order valence-corrected chi connectivity index (χ4v) is 5.38. The minimum Gasteiger partial charge on any atom is -0.366 e. The van der Waals surface area contributed by atoms with Crippen molar-refractivity contribution >= 4 is 27.3 Å². The van der Waals surface area contributed by atoms with Crippen molar-refractivity contribution in [2.45, 2.75) is 30.8 Å². The van der Waals surface area contributed by atoms with Gasteiger partial charge < -0.3 is 4.90 Å². The van der Waals surface area contributed by atoms with E-state index in [4.69, 9.17) is 11.6 Å². The molecule has 0 radical (unpaired) electrons. The monoisotopic (exact) mass is 504 g/mol. The first-order chi connectivity index (χ1) is 16.9. The minimum absolute atomic E-state index is 0.266. The number of nitrogens with one attached hydrogen (secondary N) is 1. The van der Waals surface area contributed by atoms with Crippen molar-refractivity contribution in [1.82, 2.24) is 4.72 Å². The summed E-state index contributed by atoms with van der Waals surface area (Å²) in [5.41, 5.74) is 4.20. The van der Waals surface area contributed by atoms with E-state index >= 15 is 0 Å². The molecule has 0 fully saturated rings. The van der Waals surface area contributed by atoms with Crippen LogP contribution in [0.25, 0.3) is 0 Å². The van der Waals surface area contributed by atoms with Crippen LogP contribution in [0.2, 0.25) is 5.02 Å². The fourth-order valence-electron chi connectivity index (χ4n) is 4.03. The summed E-state index contributed by atoms with van der Waals surface area (Å²) in [6, 6.07) is 34.4. The van der Waals surface area contributed by atoms with Crippen LogP contribution in [0.1, 0.15) is 16.7 Å². The zero-order valence-corrected chi connectivity index (χ0v) is 21.2. The maximum atomic E-state index is 13.3. The van der Waals surface area contributed by atoms with Gasteiger partial charge in [-0.05, 0) is 60.9 Å². The molecule has 180 valence electrons. The summed E-state index contributed by atoms with van der Waals surface area (Å²) in [6.45, 7) is 3.06. The van der Waals surface area contributed by atoms with Gasteiger partial charge in [0, 0.05) is 29.8 Å². The second-order valence-electron chi connectivity index (χ2n) is 8.66. The van der Waals surface area contributed by atoms with E-state index in [0.29, 0.717) is 24.5 Å². The average Bonchev–Trinajstić information content (AvgIpc) is 2.85. The number of aryl methyl sites for hydroxylation is 1. The summed E-state index contributed by atoms with van der Waals surface area (Å²) in [5, 5.41) is 0.661. The first-order valence-corrected chi connectivity index (χ1v) is 13.4. The van der Waals surface area contributed by atoms with Gasteiger partial charge in [-0.3, -0.25) is 0 Å². The van der Waals surface area contributed by atoms with Crippen molar-refractivity contribution in [2.75, 3.05) is 11.4 Å². The highest BCUT2D eigenvalue weighted by Crippen LogP contribution is 2.22. The van der Waals surface area contributed by atoms with Crippen molar-refractivity contribution in [2.24, 2.45) is 0 Å². The third-order valence-corrected chi connectivity index (χ3v) is 7.62. The average molecular weight is 505 g/mol. The molecule has 6 heteroatoms. The maximum Gasteiger partial charge on any atom is 0.240 e. The Balaban J connectivity index is 1.65. The number of anilines is 1. The molecule has 0 aromatic heterocycles. The van der Waals surface area contributed by atoms with Gasteiger partial charge in [0.1, 0.15) is 0 Å². The molecule has 4 nitrogen and oxygen atoms in total. The standard InChI is InChI=1S/C29H29ClN2O2S/c1-23-12-18-29(19-13-23)35(33,34)31-27(20-24-8-4-2-5-9-24)22-32(21-25-10-6-3-7-11-25)28-16-14-26(30)15-17-28/h2-19,27,31H,20-22H2,1H3/t27-/m0/s1. The van der Waals surface area contributed by atoms with E-state index in [1.165, 1.54) is 0 Å². The summed E-state index contributed by atoms with van der Waals surface area (Å²) in [5.74, 6) is 0. The van der Waals surface area contributed by atoms with Gasteiger partial charge in [-0.15, -0.1) is 0 Å². The molecule has 0 saturated carbocycles. The Hall–Kier alpha value is -3.12. The molecule has 4 aromatic carbocycles. The second kappa shape index (κ2) is 11.5. The minimum atomic E-state index is -3.70. The van der Waals surface area contributed by atoms with Crippen LogP contribution in [0.15, 0.2) is 114 Å². The highest BCUT2D eigenvalue weighted by Gasteiger charge is 2.23. The first-order valence-electron chi connectivity index (χ1n) is 11.6. The van der Waals surface area contributed by atoms with Crippen LogP contribution in [0.5, 0.6) is 0 Å². The molecular weight excluding hydrogens is 476 g/mol. The first kappa shape index (κ1) is 25.0. The predicted molar refractivity (Wildman–Crippen MR) is 144 cm³/mol. The van der Waals surface area contributed by atoms with E-state index < -0.39 is 10.0 Å². The Labute approximate surface area is 213 Å². The summed E-state index contributed by atoms with van der Waals surface area (Å²) in [6.07, 6.45) is 0.560. The van der Waals surface area contributed by atoms with Gasteiger partial charge in [0.25, 0.3) is 0 Å². The molecule has 4 aromatic rings. The van der Waals surface area contributed by atoms with Gasteiger partial charge in [0.15, 0.2) is 0 Å². The molecule has 0 unspecified atom stereocenters. The van der Waals surface area contributed by atoms with Gasteiger partial charge in [0.2, 0.25) is 10.0 Å². The highest BCUT2D eigenvalue weighted by atomic mass is 35.5. The molecule has 0 aliphatic carbocycles. The van der Waals surface area contributed by atoms with Crippen LogP contribution in [-0.4, -0.2) is 21.0 Å². The summed E-state index contributed by atoms with van der Waals surface area (Å²) in [4.78, 5) is 2.46. The molecule has 1 N–H and O–H groups in total. The van der Waals surface area contributed by atoms with Crippen molar-refractivity contribution in [3.8, 4) is 0 Å². The zero-order chi connectivity index (χ0) is 24.7. The number of hydrogen-bond donors (Lipinski definition) is 1. The summed E-state index contributed by atoms with van der Waals surface area (Å²) < 4.78 is 29.6. The number of hydrogen-bond acceptors (Lipinski definition) is 3. The topological polar surface area (TPSA) is 49.4 Å². The number of sulfonamides is 1. The van der Waals surface area contributed by atoms with Crippen LogP contribution >= 0.6 is 11.6 Å². The Morgan fingerprint density at radius 3 is 1.94 bits per heavy atom. The maximum absolute atomic E-state index is 13.3. The number of benzene rings is 4. The van der Waals surface area contributed by atoms with Crippen LogP contribution in [0.3, 0.4) is 0 Å². The fraction of sp³-hybridized carbons (Fsp3) is 0.172. The van der Waals surface area contributed by atoms with Crippen LogP contribution in [0, 0.1) is 6.92 Å². The molecule has 0 heterocycles. The largest absolute Gasteiger partial charge is 0.366 e. The van der Waals surface area contributed by atoms with Gasteiger partial charge in [-0.25, -0.2) is 13.1 Å². The molecule has 0 saturated heterocycles. The Morgan fingerprint density at radius 2 is 1.34 bits per heavy atom. The third kappa shape index (κ3) is 7.18. The lowest BCUT2D eigenvalue weighted by atomic mass is 10.1. The molecule has 35 heavy (non-hydrogen) atoms. The SMILES string of the molecule is Cc1ccc(S(=O)(=O)N[C@@H](Cc2ccccc2)CN(Cc2ccccc2)c2ccc(Cl)cc2)cc1. The van der Waals surface area contributed by atoms with E-state index in [2.05, 4.69) is 21.8 Å². The van der Waals surface area contributed by atoms with Crippen LogP contribution in [0.4, 0.5) is 5.69 Å². The normalized spacial score (nSPS) is 12.3. The Kier molecular flexibility index (Phi) is 8.24. The lowest BCUT2D eigenvalue weighted by molar-refractivity contribution is 0.536. The van der Waals surface area contributed by atoms with E-state index in [-0.39, 0.29) is 10.9 Å². The van der Waals surface area contributed by atoms with E-state index in [1.807, 2.05) is 91.9 Å². The number of halogens is 1. The zero-order valence-electron chi connectivity index (χ0n) is 19.6. The lowest BCUT2D eigenvalue weighted by Crippen LogP contribution is -2.45. The van der Waals surface area contributed by atoms with Crippen molar-refractivity contribution < 1.29 is 8.42 Å². The van der Waals surface area contributed by atoms with Crippen LogP contribution < -0.4 is 9.62 Å². The molecule has 4 rings (SSSR count). The van der Waals surface area contributed by atoms with Crippen molar-refractivity contribution in [1.29, 1.82) is 0 Å². The van der Waals surface area contributed by atoms with Crippen molar-refractivity contribution in [3.63, 3.8) is 0 Å². The molecule has 0 bridgehead atoms. The summed E-state index contributed by atoms with van der Waals surface area (Å²) in [7, 11) is -3.70. The summed E-state index contributed by atoms with van der Waals surface area (Å²) >= 11 is 6.15. The molecule has 1 atom stereocenters. The quantitative estimate of drug-likeness (QED) is 0.278. The Morgan fingerprint density at radius 1 is 0.771 bits per heavy atom. The van der Waals surface area contributed by atoms with Gasteiger partial charge in [0.05, 0.1) is 4.90 Å². The highest BCUT2D eigenvalue weighted by molar-refractivity contribution is 7.89. The third-order valence-electron chi connectivity index (χ3n) is 5.83. The van der Waals surface area contributed by atoms with E-state index in [1.54, 1.807) is 12.1 Å². The molecule has 0 aliphatic rings. The van der Waals surface area contributed by atoms with E-state index in [9.17, 15) is 8.42 Å². The molecule has 0 amide bonds. The van der Waals surface area contributed by atoms with Gasteiger partial charge in [-0.1, -0.05) is 90.0 Å². The predicted octanol–water partition coefficient (Wildman–Crippen LogP) is 6.24. The number of nitrogens with zero attached hydrogens (tertiary/aromatic N) is 1. The molecule has 0 aliphatic heterocycles. The lowest BCUT2D eigenvalue weighted by Gasteiger charge is -2.30. The van der Waals surface area contributed by atoms with Crippen molar-refractivity contribution in [3.05, 3.63) is 131 Å². The smallest absolute Gasteiger partial charge is 0.240 e. The van der Waals surface area contributed by atoms with Crippen LogP contribution in [-0.2, 0) is 23.0 Å². The second-order valence-corrected chi connectivity index (χ2v) is 10.8. The molecular formula is C29H29ClN2O2S. The Bertz CT molecular complexity index is 1310. The van der Waals surface area contributed by atoms with Gasteiger partial charge >= 0.3 is 0 Å². The number of rotatable bonds is 10. The van der Waals surface area contributed by atoms with E-state index in [0.717, 1.165) is 22.4 Å². The van der Waals surface area contributed by atoms with Gasteiger partial charge in [-0.2, -0.15) is 0 Å².